The Morgan fingerprint density at radius 2 is 1.71 bits per heavy atom. The van der Waals surface area contributed by atoms with Crippen molar-refractivity contribution >= 4 is 23.4 Å². The molecule has 0 spiro atoms. The van der Waals surface area contributed by atoms with Crippen LogP contribution >= 0.6 is 11.6 Å². The van der Waals surface area contributed by atoms with E-state index in [2.05, 4.69) is 37.7 Å². The molecule has 216 valence electrons. The topological polar surface area (TPSA) is 95.4 Å². The van der Waals surface area contributed by atoms with Crippen LogP contribution in [0.25, 0.3) is 0 Å². The summed E-state index contributed by atoms with van der Waals surface area (Å²) in [6.07, 6.45) is 9.11. The maximum Gasteiger partial charge on any atom is 0.245 e. The van der Waals surface area contributed by atoms with Crippen LogP contribution < -0.4 is 10.6 Å². The molecule has 1 aromatic heterocycles. The Bertz CT molecular complexity index is 1320. The molecule has 10 heteroatoms. The molecular formula is C31H38ClN7O2. The molecule has 41 heavy (non-hydrogen) atoms. The van der Waals surface area contributed by atoms with Crippen LogP contribution in [0.15, 0.2) is 61.2 Å². The Morgan fingerprint density at radius 3 is 2.44 bits per heavy atom. The number of nitrogens with zero attached hydrogens (tertiary/aromatic N) is 5. The molecule has 2 aliphatic heterocycles. The van der Waals surface area contributed by atoms with Crippen molar-refractivity contribution in [3.8, 4) is 0 Å². The van der Waals surface area contributed by atoms with Crippen molar-refractivity contribution in [2.45, 2.75) is 69.2 Å². The lowest BCUT2D eigenvalue weighted by Crippen LogP contribution is -2.59. The summed E-state index contributed by atoms with van der Waals surface area (Å²) in [6, 6.07) is 15.4. The summed E-state index contributed by atoms with van der Waals surface area (Å²) in [5.74, 6) is -0.163. The zero-order valence-electron chi connectivity index (χ0n) is 23.3. The molecule has 2 fully saturated rings. The lowest BCUT2D eigenvalue weighted by molar-refractivity contribution is -0.138. The van der Waals surface area contributed by atoms with Crippen LogP contribution in [0.4, 0.5) is 0 Å². The van der Waals surface area contributed by atoms with E-state index in [9.17, 15) is 9.59 Å². The Hall–Kier alpha value is -3.27. The van der Waals surface area contributed by atoms with Gasteiger partial charge >= 0.3 is 0 Å². The Morgan fingerprint density at radius 1 is 0.976 bits per heavy atom. The number of nitrogens with one attached hydrogen (secondary N) is 2. The van der Waals surface area contributed by atoms with Gasteiger partial charge in [0, 0.05) is 50.2 Å². The normalized spacial score (nSPS) is 23.9. The van der Waals surface area contributed by atoms with Crippen molar-refractivity contribution in [3.05, 3.63) is 82.9 Å². The van der Waals surface area contributed by atoms with E-state index in [1.165, 1.54) is 24.0 Å². The Balaban J connectivity index is 1.12. The first kappa shape index (κ1) is 27.9. The van der Waals surface area contributed by atoms with Gasteiger partial charge in [0.1, 0.15) is 18.7 Å². The van der Waals surface area contributed by atoms with E-state index in [1.807, 2.05) is 52.3 Å². The first-order valence-corrected chi connectivity index (χ1v) is 15.1. The van der Waals surface area contributed by atoms with Crippen LogP contribution in [0.1, 0.15) is 48.4 Å². The number of benzene rings is 2. The van der Waals surface area contributed by atoms with Gasteiger partial charge in [0.25, 0.3) is 0 Å². The number of carbonyl (C=O) groups is 2. The molecule has 1 saturated carbocycles. The molecule has 3 aromatic rings. The van der Waals surface area contributed by atoms with E-state index in [4.69, 9.17) is 11.6 Å². The van der Waals surface area contributed by atoms with E-state index in [1.54, 1.807) is 6.33 Å². The minimum Gasteiger partial charge on any atom is -0.343 e. The lowest BCUT2D eigenvalue weighted by Gasteiger charge is -2.44. The molecule has 0 bridgehead atoms. The summed E-state index contributed by atoms with van der Waals surface area (Å²) in [4.78, 5) is 36.0. The molecule has 3 aliphatic rings. The van der Waals surface area contributed by atoms with E-state index >= 15 is 0 Å². The minimum absolute atomic E-state index is 0.0272. The summed E-state index contributed by atoms with van der Waals surface area (Å²) in [5, 5.41) is 11.6. The van der Waals surface area contributed by atoms with Gasteiger partial charge in [0.15, 0.2) is 0 Å². The molecule has 2 aromatic carbocycles. The highest BCUT2D eigenvalue weighted by molar-refractivity contribution is 6.30. The zero-order chi connectivity index (χ0) is 28.2. The number of amides is 2. The summed E-state index contributed by atoms with van der Waals surface area (Å²) in [6.45, 7) is 3.54. The molecule has 0 radical (unpaired) electrons. The zero-order valence-corrected chi connectivity index (χ0v) is 24.0. The van der Waals surface area contributed by atoms with Crippen molar-refractivity contribution < 1.29 is 9.59 Å². The number of carbonyl (C=O) groups excluding carboxylic acids is 2. The molecule has 9 nitrogen and oxygen atoms in total. The smallest absolute Gasteiger partial charge is 0.245 e. The lowest BCUT2D eigenvalue weighted by atomic mass is 9.89. The van der Waals surface area contributed by atoms with Gasteiger partial charge < -0.3 is 15.5 Å². The van der Waals surface area contributed by atoms with E-state index in [-0.39, 0.29) is 17.9 Å². The van der Waals surface area contributed by atoms with Crippen molar-refractivity contribution in [2.24, 2.45) is 0 Å². The number of halogens is 1. The monoisotopic (exact) mass is 575 g/mol. The number of hydrogen-bond donors (Lipinski definition) is 2. The van der Waals surface area contributed by atoms with Gasteiger partial charge in [-0.25, -0.2) is 9.67 Å². The number of hydrogen-bond acceptors (Lipinski definition) is 6. The van der Waals surface area contributed by atoms with Crippen molar-refractivity contribution in [1.82, 2.24) is 35.2 Å². The third kappa shape index (κ3) is 6.47. The van der Waals surface area contributed by atoms with E-state index in [0.717, 1.165) is 31.5 Å². The fourth-order valence-corrected chi connectivity index (χ4v) is 6.80. The number of aromatic nitrogens is 3. The van der Waals surface area contributed by atoms with Crippen LogP contribution in [0, 0.1) is 0 Å². The summed E-state index contributed by atoms with van der Waals surface area (Å²) in [5.41, 5.74) is 3.36. The van der Waals surface area contributed by atoms with Gasteiger partial charge in [0.05, 0.1) is 12.1 Å². The van der Waals surface area contributed by atoms with Gasteiger partial charge in [-0.3, -0.25) is 14.5 Å². The SMILES string of the molecule is O=C(N[C@H](Cc1ccc(Cl)cc1)C(=O)N1CCN(C2CCCC[C@H]2n2cncn2)CC1)[C@H]1Cc2ccccc2CN1. The van der Waals surface area contributed by atoms with Crippen molar-refractivity contribution in [2.75, 3.05) is 26.2 Å². The first-order valence-electron chi connectivity index (χ1n) is 14.8. The molecule has 1 saturated heterocycles. The first-order chi connectivity index (χ1) is 20.0. The quantitative estimate of drug-likeness (QED) is 0.450. The largest absolute Gasteiger partial charge is 0.343 e. The third-order valence-corrected chi connectivity index (χ3v) is 9.18. The molecule has 1 aliphatic carbocycles. The molecule has 2 N–H and O–H groups in total. The highest BCUT2D eigenvalue weighted by Crippen LogP contribution is 2.32. The van der Waals surface area contributed by atoms with Gasteiger partial charge in [-0.1, -0.05) is 60.8 Å². The predicted octanol–water partition coefficient (Wildman–Crippen LogP) is 3.00. The molecule has 6 rings (SSSR count). The minimum atomic E-state index is -0.647. The Labute approximate surface area is 246 Å². The molecule has 4 atom stereocenters. The molecule has 3 heterocycles. The maximum atomic E-state index is 13.9. The van der Waals surface area contributed by atoms with Crippen LogP contribution in [0.3, 0.4) is 0 Å². The summed E-state index contributed by atoms with van der Waals surface area (Å²) in [7, 11) is 0. The fraction of sp³-hybridized carbons (Fsp3) is 0.484. The highest BCUT2D eigenvalue weighted by Gasteiger charge is 2.36. The van der Waals surface area contributed by atoms with E-state index in [0.29, 0.717) is 49.6 Å². The second-order valence-electron chi connectivity index (χ2n) is 11.5. The standard InChI is InChI=1S/C31H38ClN7O2/c32-25-11-9-22(10-12-25)17-27(36-30(40)26-18-23-5-1-2-6-24(23)19-34-26)31(41)38-15-13-37(14-16-38)28-7-3-4-8-29(28)39-21-33-20-35-39/h1-2,5-6,9-12,20-21,26-29,34H,3-4,7-8,13-19H2,(H,36,40)/t26-,27-,28?,29-/m1/s1. The third-order valence-electron chi connectivity index (χ3n) is 8.93. The molecular weight excluding hydrogens is 538 g/mol. The molecule has 2 amide bonds. The highest BCUT2D eigenvalue weighted by atomic mass is 35.5. The average molecular weight is 576 g/mol. The van der Waals surface area contributed by atoms with Crippen LogP contribution in [0.2, 0.25) is 5.02 Å². The number of rotatable bonds is 7. The van der Waals surface area contributed by atoms with Gasteiger partial charge in [0.2, 0.25) is 11.8 Å². The second kappa shape index (κ2) is 12.7. The summed E-state index contributed by atoms with van der Waals surface area (Å²) >= 11 is 6.11. The van der Waals surface area contributed by atoms with Gasteiger partial charge in [-0.05, 0) is 48.1 Å². The average Bonchev–Trinajstić information content (AvgIpc) is 3.56. The number of piperazine rings is 1. The predicted molar refractivity (Wildman–Crippen MR) is 157 cm³/mol. The van der Waals surface area contributed by atoms with Gasteiger partial charge in [-0.15, -0.1) is 0 Å². The fourth-order valence-electron chi connectivity index (χ4n) is 6.68. The second-order valence-corrected chi connectivity index (χ2v) is 11.9. The van der Waals surface area contributed by atoms with Crippen LogP contribution in [0.5, 0.6) is 0 Å². The maximum absolute atomic E-state index is 13.9. The van der Waals surface area contributed by atoms with E-state index < -0.39 is 6.04 Å². The number of fused-ring (bicyclic) bond motifs is 1. The van der Waals surface area contributed by atoms with Crippen LogP contribution in [-0.4, -0.2) is 80.7 Å². The van der Waals surface area contributed by atoms with Gasteiger partial charge in [-0.2, -0.15) is 5.10 Å². The molecule has 1 unspecified atom stereocenters. The van der Waals surface area contributed by atoms with Crippen molar-refractivity contribution in [1.29, 1.82) is 0 Å². The van der Waals surface area contributed by atoms with Crippen molar-refractivity contribution in [3.63, 3.8) is 0 Å². The Kier molecular flexibility index (Phi) is 8.64. The van der Waals surface area contributed by atoms with Crippen LogP contribution in [-0.2, 0) is 29.0 Å². The summed E-state index contributed by atoms with van der Waals surface area (Å²) < 4.78 is 2.01.